The largest absolute Gasteiger partial charge is 0.492 e. The Balaban J connectivity index is 1.98. The van der Waals surface area contributed by atoms with Crippen LogP contribution in [0.4, 0.5) is 0 Å². The predicted octanol–water partition coefficient (Wildman–Crippen LogP) is 2.96. The van der Waals surface area contributed by atoms with E-state index in [0.717, 1.165) is 37.5 Å². The summed E-state index contributed by atoms with van der Waals surface area (Å²) in [5.74, 6) is 1.99. The lowest BCUT2D eigenvalue weighted by Gasteiger charge is -2.22. The van der Waals surface area contributed by atoms with Crippen LogP contribution in [0, 0.1) is 0 Å². The summed E-state index contributed by atoms with van der Waals surface area (Å²) < 4.78 is 11.4. The summed E-state index contributed by atoms with van der Waals surface area (Å²) in [5.41, 5.74) is -0.113. The zero-order valence-corrected chi connectivity index (χ0v) is 18.6. The Hall–Kier alpha value is -2.51. The van der Waals surface area contributed by atoms with Crippen molar-refractivity contribution in [3.05, 3.63) is 54.0 Å². The van der Waals surface area contributed by atoms with E-state index < -0.39 is 5.60 Å². The standard InChI is InChI=1S/C23H36N4O3/c1-5-24-22(26-18-23(4,28)21-13-10-15-30-21)25-17-19-11-8-9-12-20(19)29-16-14-27(6-2)7-3/h8-13,15,28H,5-7,14,16-18H2,1-4H3,(H2,24,25,26). The molecule has 0 aliphatic heterocycles. The number of aliphatic imine (C=N–C) groups is 1. The predicted molar refractivity (Wildman–Crippen MR) is 121 cm³/mol. The van der Waals surface area contributed by atoms with Gasteiger partial charge in [-0.05, 0) is 45.1 Å². The molecule has 30 heavy (non-hydrogen) atoms. The molecule has 0 aliphatic carbocycles. The minimum atomic E-state index is -1.13. The van der Waals surface area contributed by atoms with Crippen LogP contribution in [0.2, 0.25) is 0 Å². The highest BCUT2D eigenvalue weighted by atomic mass is 16.5. The number of guanidine groups is 1. The molecule has 2 aromatic rings. The number of hydrogen-bond acceptors (Lipinski definition) is 5. The fraction of sp³-hybridized carbons (Fsp3) is 0.522. The second kappa shape index (κ2) is 12.2. The maximum Gasteiger partial charge on any atom is 0.191 e. The number of nitrogens with one attached hydrogen (secondary N) is 2. The lowest BCUT2D eigenvalue weighted by atomic mass is 10.0. The SMILES string of the molecule is CCNC(=NCc1ccccc1OCCN(CC)CC)NCC(C)(O)c1ccco1. The van der Waals surface area contributed by atoms with Gasteiger partial charge >= 0.3 is 0 Å². The summed E-state index contributed by atoms with van der Waals surface area (Å²) >= 11 is 0. The number of rotatable bonds is 12. The van der Waals surface area contributed by atoms with E-state index >= 15 is 0 Å². The van der Waals surface area contributed by atoms with Crippen molar-refractivity contribution in [1.82, 2.24) is 15.5 Å². The van der Waals surface area contributed by atoms with E-state index in [-0.39, 0.29) is 6.54 Å². The summed E-state index contributed by atoms with van der Waals surface area (Å²) in [5, 5.41) is 17.0. The number of aliphatic hydroxyl groups is 1. The van der Waals surface area contributed by atoms with Crippen LogP contribution in [-0.2, 0) is 12.1 Å². The quantitative estimate of drug-likeness (QED) is 0.365. The molecule has 7 heteroatoms. The number of ether oxygens (including phenoxy) is 1. The van der Waals surface area contributed by atoms with Crippen LogP contribution < -0.4 is 15.4 Å². The van der Waals surface area contributed by atoms with Gasteiger partial charge in [-0.1, -0.05) is 32.0 Å². The number of furan rings is 1. The van der Waals surface area contributed by atoms with Crippen molar-refractivity contribution >= 4 is 5.96 Å². The fourth-order valence-corrected chi connectivity index (χ4v) is 3.03. The molecular formula is C23H36N4O3. The molecule has 1 atom stereocenters. The molecule has 0 bridgehead atoms. The molecule has 7 nitrogen and oxygen atoms in total. The molecule has 1 heterocycles. The molecule has 1 aromatic carbocycles. The third-order valence-corrected chi connectivity index (χ3v) is 4.94. The number of hydrogen-bond donors (Lipinski definition) is 3. The van der Waals surface area contributed by atoms with E-state index in [1.807, 2.05) is 31.2 Å². The average molecular weight is 417 g/mol. The lowest BCUT2D eigenvalue weighted by molar-refractivity contribution is 0.0386. The van der Waals surface area contributed by atoms with Crippen molar-refractivity contribution in [3.8, 4) is 5.75 Å². The van der Waals surface area contributed by atoms with Gasteiger partial charge in [0, 0.05) is 18.7 Å². The van der Waals surface area contributed by atoms with Gasteiger partial charge in [0.05, 0.1) is 19.4 Å². The van der Waals surface area contributed by atoms with Gasteiger partial charge in [-0.25, -0.2) is 4.99 Å². The van der Waals surface area contributed by atoms with E-state index in [2.05, 4.69) is 34.4 Å². The maximum absolute atomic E-state index is 10.6. The monoisotopic (exact) mass is 416 g/mol. The van der Waals surface area contributed by atoms with Crippen LogP contribution in [0.15, 0.2) is 52.1 Å². The first-order valence-corrected chi connectivity index (χ1v) is 10.7. The molecule has 0 radical (unpaired) electrons. The van der Waals surface area contributed by atoms with Gasteiger partial charge in [-0.3, -0.25) is 0 Å². The average Bonchev–Trinajstić information content (AvgIpc) is 3.30. The maximum atomic E-state index is 10.6. The van der Waals surface area contributed by atoms with Gasteiger partial charge in [-0.15, -0.1) is 0 Å². The molecule has 166 valence electrons. The zero-order chi connectivity index (χ0) is 21.8. The molecule has 1 aromatic heterocycles. The van der Waals surface area contributed by atoms with Gasteiger partial charge in [0.25, 0.3) is 0 Å². The molecule has 0 saturated heterocycles. The summed E-state index contributed by atoms with van der Waals surface area (Å²) in [6.45, 7) is 13.1. The Morgan fingerprint density at radius 1 is 1.13 bits per heavy atom. The summed E-state index contributed by atoms with van der Waals surface area (Å²) in [7, 11) is 0. The second-order valence-electron chi connectivity index (χ2n) is 7.28. The fourth-order valence-electron chi connectivity index (χ4n) is 3.03. The Morgan fingerprint density at radius 3 is 2.57 bits per heavy atom. The minimum absolute atomic E-state index is 0.272. The second-order valence-corrected chi connectivity index (χ2v) is 7.28. The normalized spacial score (nSPS) is 13.9. The highest BCUT2D eigenvalue weighted by molar-refractivity contribution is 5.79. The molecule has 0 aliphatic rings. The van der Waals surface area contributed by atoms with Crippen molar-refractivity contribution in [2.24, 2.45) is 4.99 Å². The Morgan fingerprint density at radius 2 is 1.90 bits per heavy atom. The highest BCUT2D eigenvalue weighted by Crippen LogP contribution is 2.20. The van der Waals surface area contributed by atoms with Gasteiger partial charge in [0.15, 0.2) is 5.96 Å². The van der Waals surface area contributed by atoms with Crippen LogP contribution in [0.25, 0.3) is 0 Å². The number of para-hydroxylation sites is 1. The topological polar surface area (TPSA) is 82.3 Å². The van der Waals surface area contributed by atoms with E-state index in [9.17, 15) is 5.11 Å². The van der Waals surface area contributed by atoms with Crippen molar-refractivity contribution < 1.29 is 14.3 Å². The number of benzene rings is 1. The van der Waals surface area contributed by atoms with E-state index in [1.165, 1.54) is 0 Å². The van der Waals surface area contributed by atoms with Crippen LogP contribution in [-0.4, -0.2) is 55.3 Å². The summed E-state index contributed by atoms with van der Waals surface area (Å²) in [6, 6.07) is 11.5. The lowest BCUT2D eigenvalue weighted by Crippen LogP contribution is -2.44. The summed E-state index contributed by atoms with van der Waals surface area (Å²) in [6.07, 6.45) is 1.56. The number of likely N-dealkylation sites (N-methyl/N-ethyl adjacent to an activating group) is 1. The molecule has 0 fully saturated rings. The van der Waals surface area contributed by atoms with E-state index in [4.69, 9.17) is 9.15 Å². The number of nitrogens with zero attached hydrogens (tertiary/aromatic N) is 2. The van der Waals surface area contributed by atoms with Gasteiger partial charge < -0.3 is 29.8 Å². The Kier molecular flexibility index (Phi) is 9.70. The third-order valence-electron chi connectivity index (χ3n) is 4.94. The third kappa shape index (κ3) is 7.39. The Bertz CT molecular complexity index is 756. The smallest absolute Gasteiger partial charge is 0.191 e. The molecule has 0 saturated carbocycles. The zero-order valence-electron chi connectivity index (χ0n) is 18.6. The van der Waals surface area contributed by atoms with Crippen molar-refractivity contribution in [2.45, 2.75) is 39.8 Å². The molecule has 0 amide bonds. The highest BCUT2D eigenvalue weighted by Gasteiger charge is 2.26. The first kappa shape index (κ1) is 23.8. The van der Waals surface area contributed by atoms with Crippen LogP contribution in [0.3, 0.4) is 0 Å². The van der Waals surface area contributed by atoms with E-state index in [1.54, 1.807) is 25.3 Å². The van der Waals surface area contributed by atoms with Crippen LogP contribution in [0.1, 0.15) is 39.0 Å². The molecular weight excluding hydrogens is 380 g/mol. The van der Waals surface area contributed by atoms with Crippen LogP contribution >= 0.6 is 0 Å². The van der Waals surface area contributed by atoms with Crippen molar-refractivity contribution in [2.75, 3.05) is 39.3 Å². The van der Waals surface area contributed by atoms with Gasteiger partial charge in [0.1, 0.15) is 23.7 Å². The van der Waals surface area contributed by atoms with Gasteiger partial charge in [0.2, 0.25) is 0 Å². The molecule has 3 N–H and O–H groups in total. The van der Waals surface area contributed by atoms with E-state index in [0.29, 0.717) is 24.9 Å². The molecule has 1 unspecified atom stereocenters. The minimum Gasteiger partial charge on any atom is -0.492 e. The van der Waals surface area contributed by atoms with Crippen LogP contribution in [0.5, 0.6) is 5.75 Å². The first-order valence-electron chi connectivity index (χ1n) is 10.7. The van der Waals surface area contributed by atoms with Crippen molar-refractivity contribution in [1.29, 1.82) is 0 Å². The Labute approximate surface area is 180 Å². The molecule has 0 spiro atoms. The summed E-state index contributed by atoms with van der Waals surface area (Å²) in [4.78, 5) is 7.00. The van der Waals surface area contributed by atoms with Gasteiger partial charge in [-0.2, -0.15) is 0 Å². The first-order chi connectivity index (χ1) is 14.5. The van der Waals surface area contributed by atoms with Crippen molar-refractivity contribution in [3.63, 3.8) is 0 Å². The molecule has 2 rings (SSSR count).